The zero-order chi connectivity index (χ0) is 61.3. The molecule has 3 heterocycles. The molecule has 0 aliphatic heterocycles. The lowest BCUT2D eigenvalue weighted by atomic mass is 9.72. The lowest BCUT2D eigenvalue weighted by Crippen LogP contribution is -2.25. The first-order chi connectivity index (χ1) is 44.0. The first-order valence-electron chi connectivity index (χ1n) is 32.8. The molecule has 0 radical (unpaired) electrons. The average molecular weight is 1170 g/mol. The molecule has 0 spiro atoms. The molecular formula is C87H67NO3. The van der Waals surface area contributed by atoms with Crippen molar-refractivity contribution < 1.29 is 13.3 Å². The number of fused-ring (bicyclic) bond motifs is 31. The molecule has 0 saturated heterocycles. The van der Waals surface area contributed by atoms with Gasteiger partial charge in [-0.3, -0.25) is 0 Å². The third kappa shape index (κ3) is 6.23. The Balaban J connectivity index is 0.838. The van der Waals surface area contributed by atoms with Gasteiger partial charge in [0.2, 0.25) is 0 Å². The van der Waals surface area contributed by atoms with Crippen molar-refractivity contribution in [3.8, 4) is 66.8 Å². The maximum atomic E-state index is 7.21. The largest absolute Gasteiger partial charge is 0.456 e. The summed E-state index contributed by atoms with van der Waals surface area (Å²) >= 11 is 0. The van der Waals surface area contributed by atoms with E-state index in [0.29, 0.717) is 0 Å². The minimum absolute atomic E-state index is 0.258. The fourth-order valence-electron chi connectivity index (χ4n) is 19.0. The summed E-state index contributed by atoms with van der Waals surface area (Å²) in [4.78, 5) is 2.58. The molecule has 11 aromatic carbocycles. The Morgan fingerprint density at radius 2 is 0.725 bits per heavy atom. The van der Waals surface area contributed by atoms with Crippen molar-refractivity contribution in [2.75, 3.05) is 4.90 Å². The highest BCUT2D eigenvalue weighted by Gasteiger charge is 2.51. The van der Waals surface area contributed by atoms with Gasteiger partial charge in [0.25, 0.3) is 0 Å². The van der Waals surface area contributed by atoms with E-state index in [9.17, 15) is 0 Å². The van der Waals surface area contributed by atoms with Gasteiger partial charge in [-0.1, -0.05) is 209 Å². The van der Waals surface area contributed by atoms with Crippen molar-refractivity contribution in [1.29, 1.82) is 0 Å². The van der Waals surface area contributed by atoms with E-state index in [1.807, 2.05) is 0 Å². The molecule has 6 aliphatic carbocycles. The Bertz CT molecular complexity index is 5870. The number of rotatable bonds is 4. The molecule has 0 fully saturated rings. The van der Waals surface area contributed by atoms with Gasteiger partial charge in [0.15, 0.2) is 0 Å². The Hall–Kier alpha value is -9.90. The van der Waals surface area contributed by atoms with Crippen LogP contribution < -0.4 is 15.5 Å². The first kappa shape index (κ1) is 51.9. The molecule has 4 heteroatoms. The van der Waals surface area contributed by atoms with Crippen LogP contribution in [0.1, 0.15) is 138 Å². The number of nitrogens with zero attached hydrogens (tertiary/aromatic N) is 1. The van der Waals surface area contributed by atoms with Crippen LogP contribution in [0.5, 0.6) is 0 Å². The Kier molecular flexibility index (Phi) is 9.66. The van der Waals surface area contributed by atoms with Gasteiger partial charge in [0, 0.05) is 93.0 Å². The van der Waals surface area contributed by atoms with Crippen molar-refractivity contribution >= 4 is 84.1 Å². The zero-order valence-electron chi connectivity index (χ0n) is 53.1. The molecule has 91 heavy (non-hydrogen) atoms. The molecule has 20 rings (SSSR count). The van der Waals surface area contributed by atoms with E-state index >= 15 is 0 Å². The first-order valence-corrected chi connectivity index (χ1v) is 32.8. The summed E-state index contributed by atoms with van der Waals surface area (Å²) in [6.45, 7) is 24.5. The lowest BCUT2D eigenvalue weighted by molar-refractivity contribution is 0.569. The second kappa shape index (κ2) is 16.9. The van der Waals surface area contributed by atoms with Gasteiger partial charge >= 0.3 is 0 Å². The predicted octanol–water partition coefficient (Wildman–Crippen LogP) is 22.3. The highest BCUT2D eigenvalue weighted by Crippen LogP contribution is 2.66. The summed E-state index contributed by atoms with van der Waals surface area (Å²) < 4.78 is 21.3. The van der Waals surface area contributed by atoms with Crippen LogP contribution in [0, 0.1) is 0 Å². The number of anilines is 3. The maximum absolute atomic E-state index is 7.21. The minimum Gasteiger partial charge on any atom is -0.456 e. The van der Waals surface area contributed by atoms with Gasteiger partial charge in [-0.2, -0.15) is 0 Å². The Labute approximate surface area is 529 Å². The van der Waals surface area contributed by atoms with Crippen molar-refractivity contribution in [2.24, 2.45) is 0 Å². The molecule has 3 aromatic heterocycles. The molecule has 14 aromatic rings. The number of para-hydroxylation sites is 2. The normalized spacial score (nSPS) is 17.0. The summed E-state index contributed by atoms with van der Waals surface area (Å²) in [5.41, 5.74) is 36.1. The summed E-state index contributed by atoms with van der Waals surface area (Å²) in [6, 6.07) is 70.9. The van der Waals surface area contributed by atoms with Crippen LogP contribution in [-0.2, 0) is 27.1 Å². The van der Waals surface area contributed by atoms with Crippen molar-refractivity contribution in [3.05, 3.63) is 254 Å². The van der Waals surface area contributed by atoms with E-state index in [0.717, 1.165) is 79.7 Å². The quantitative estimate of drug-likeness (QED) is 0.176. The highest BCUT2D eigenvalue weighted by atomic mass is 16.3. The van der Waals surface area contributed by atoms with Gasteiger partial charge in [0.1, 0.15) is 33.3 Å². The van der Waals surface area contributed by atoms with Crippen LogP contribution in [0.15, 0.2) is 201 Å². The van der Waals surface area contributed by atoms with Crippen LogP contribution in [0.25, 0.3) is 134 Å². The molecule has 0 atom stereocenters. The van der Waals surface area contributed by atoms with Crippen LogP contribution in [0.4, 0.5) is 17.1 Å². The standard InChI is InChI=1S/C87H67NO3/c1-83(2)61-42-47(36-39-52(61)68-64(83)45-58(46-24-12-11-13-25-46)80-71(68)55-28-16-21-33-65(55)89-80)88(48-37-40-53-62(43-48)86(7,8)77-70(53)73-57-30-18-23-35-67(57)90-81(73)74-51-27-15-20-32-60(51)85(5,6)78(74)77)49-38-41-54-63(44-49)87(9,10)79-75(54)82-72(56-29-17-22-34-66(56)91-82)69-50-26-14-19-31-59(50)84(3,4)76(69)79/h11-17,19-22,24-45H,18,23H2,1-10H3. The van der Waals surface area contributed by atoms with Gasteiger partial charge in [-0.05, 0) is 179 Å². The molecule has 438 valence electrons. The van der Waals surface area contributed by atoms with Crippen molar-refractivity contribution in [1.82, 2.24) is 0 Å². The molecule has 6 aliphatic rings. The second-order valence-electron chi connectivity index (χ2n) is 29.6. The van der Waals surface area contributed by atoms with Crippen LogP contribution in [-0.4, -0.2) is 0 Å². The van der Waals surface area contributed by atoms with Gasteiger partial charge < -0.3 is 18.2 Å². The number of furan rings is 3. The maximum Gasteiger partial charge on any atom is 0.144 e. The molecule has 0 N–H and O–H groups in total. The minimum atomic E-state index is -0.407. The fraction of sp³-hybridized carbons (Fsp3) is 0.195. The number of hydrogen-bond donors (Lipinski definition) is 0. The van der Waals surface area contributed by atoms with Crippen LogP contribution in [0.3, 0.4) is 0 Å². The topological polar surface area (TPSA) is 42.7 Å². The van der Waals surface area contributed by atoms with Crippen molar-refractivity contribution in [3.63, 3.8) is 0 Å². The third-order valence-corrected chi connectivity index (χ3v) is 23.1. The van der Waals surface area contributed by atoms with Crippen LogP contribution >= 0.6 is 0 Å². The van der Waals surface area contributed by atoms with Gasteiger partial charge in [0.05, 0.1) is 0 Å². The summed E-state index contributed by atoms with van der Waals surface area (Å²) in [6.07, 6.45) is 6.75. The fourth-order valence-corrected chi connectivity index (χ4v) is 19.0. The number of hydrogen-bond acceptors (Lipinski definition) is 4. The van der Waals surface area contributed by atoms with Gasteiger partial charge in [-0.25, -0.2) is 0 Å². The Morgan fingerprint density at radius 3 is 1.32 bits per heavy atom. The smallest absolute Gasteiger partial charge is 0.144 e. The van der Waals surface area contributed by atoms with E-state index in [1.165, 1.54) is 138 Å². The summed E-state index contributed by atoms with van der Waals surface area (Å²) in [5, 5.41) is 7.22. The predicted molar refractivity (Wildman–Crippen MR) is 376 cm³/mol. The highest BCUT2D eigenvalue weighted by molar-refractivity contribution is 6.22. The lowest BCUT2D eigenvalue weighted by Gasteiger charge is -2.33. The van der Waals surface area contributed by atoms with E-state index in [-0.39, 0.29) is 21.7 Å². The molecule has 0 bridgehead atoms. The molecule has 0 unspecified atom stereocenters. The van der Waals surface area contributed by atoms with E-state index in [2.05, 4.69) is 274 Å². The van der Waals surface area contributed by atoms with Gasteiger partial charge in [-0.15, -0.1) is 0 Å². The van der Waals surface area contributed by atoms with E-state index in [1.54, 1.807) is 0 Å². The zero-order valence-corrected chi connectivity index (χ0v) is 53.1. The van der Waals surface area contributed by atoms with E-state index in [4.69, 9.17) is 13.3 Å². The van der Waals surface area contributed by atoms with Crippen molar-refractivity contribution in [2.45, 2.75) is 109 Å². The molecule has 0 amide bonds. The Morgan fingerprint density at radius 1 is 0.308 bits per heavy atom. The second-order valence-corrected chi connectivity index (χ2v) is 29.6. The molecule has 4 nitrogen and oxygen atoms in total. The van der Waals surface area contributed by atoms with E-state index < -0.39 is 5.41 Å². The summed E-state index contributed by atoms with van der Waals surface area (Å²) in [7, 11) is 0. The molecular weight excluding hydrogens is 1110 g/mol. The van der Waals surface area contributed by atoms with Crippen LogP contribution in [0.2, 0.25) is 0 Å². The number of benzene rings is 11. The summed E-state index contributed by atoms with van der Waals surface area (Å²) in [5.74, 6) is 0. The monoisotopic (exact) mass is 1170 g/mol. The average Bonchev–Trinajstić information content (AvgIpc) is 1.52. The molecule has 0 saturated carbocycles. The SMILES string of the molecule is CC1(C)c2cc(N(c3ccc4c(c3)C(C)(C)c3c5c(c6c(oc7ccccc76)c3-4)-c3ccccc3C5(C)C)c3ccc4c(c3)C(C)(C)c3c5c(c6oc7c(c6c3-4)=CCCC=7)-c3ccccc3C5(C)C)ccc2-c2c1cc(-c1ccccc1)c1oc3ccccc3c21. The third-order valence-electron chi connectivity index (χ3n) is 23.1.